The third-order valence-corrected chi connectivity index (χ3v) is 7.19. The van der Waals surface area contributed by atoms with E-state index >= 15 is 0 Å². The van der Waals surface area contributed by atoms with Crippen molar-refractivity contribution >= 4 is 17.7 Å². The number of aromatic nitrogens is 4. The van der Waals surface area contributed by atoms with Gasteiger partial charge in [-0.25, -0.2) is 4.68 Å². The van der Waals surface area contributed by atoms with E-state index in [1.165, 1.54) is 50.3 Å². The molecule has 4 aliphatic carbocycles. The van der Waals surface area contributed by atoms with Gasteiger partial charge in [0, 0.05) is 12.1 Å². The van der Waals surface area contributed by atoms with Crippen molar-refractivity contribution in [2.24, 2.45) is 23.7 Å². The van der Waals surface area contributed by atoms with Crippen LogP contribution >= 0.6 is 11.8 Å². The lowest BCUT2D eigenvalue weighted by Gasteiger charge is -2.57. The van der Waals surface area contributed by atoms with Crippen LogP contribution in [0, 0.1) is 23.7 Å². The van der Waals surface area contributed by atoms with Crippen LogP contribution in [0.1, 0.15) is 59.3 Å². The van der Waals surface area contributed by atoms with Crippen LogP contribution in [-0.4, -0.2) is 36.9 Å². The fourth-order valence-electron chi connectivity index (χ4n) is 5.58. The van der Waals surface area contributed by atoms with Gasteiger partial charge in [-0.2, -0.15) is 0 Å². The second kappa shape index (κ2) is 6.56. The Morgan fingerprint density at radius 1 is 1.20 bits per heavy atom. The van der Waals surface area contributed by atoms with Gasteiger partial charge < -0.3 is 5.32 Å². The summed E-state index contributed by atoms with van der Waals surface area (Å²) in [5.74, 6) is 3.14. The average Bonchev–Trinajstić information content (AvgIpc) is 2.91. The van der Waals surface area contributed by atoms with E-state index in [0.29, 0.717) is 5.92 Å². The van der Waals surface area contributed by atoms with Crippen LogP contribution in [0.3, 0.4) is 0 Å². The van der Waals surface area contributed by atoms with Crippen molar-refractivity contribution in [3.63, 3.8) is 0 Å². The largest absolute Gasteiger partial charge is 0.350 e. The molecule has 1 N–H and O–H groups in total. The molecule has 25 heavy (non-hydrogen) atoms. The van der Waals surface area contributed by atoms with Crippen LogP contribution in [0.5, 0.6) is 0 Å². The molecule has 0 radical (unpaired) electrons. The summed E-state index contributed by atoms with van der Waals surface area (Å²) in [6.45, 7) is 7.02. The van der Waals surface area contributed by atoms with Crippen LogP contribution in [0.15, 0.2) is 5.16 Å². The Labute approximate surface area is 153 Å². The predicted molar refractivity (Wildman–Crippen MR) is 97.0 cm³/mol. The molecule has 0 aromatic carbocycles. The van der Waals surface area contributed by atoms with E-state index < -0.39 is 0 Å². The van der Waals surface area contributed by atoms with Crippen molar-refractivity contribution in [1.29, 1.82) is 0 Å². The fraction of sp³-hybridized carbons (Fsp3) is 0.889. The van der Waals surface area contributed by atoms with Gasteiger partial charge in [-0.15, -0.1) is 5.10 Å². The minimum absolute atomic E-state index is 0.0739. The normalized spacial score (nSPS) is 34.5. The molecule has 4 aliphatic rings. The summed E-state index contributed by atoms with van der Waals surface area (Å²) in [5.41, 5.74) is 0.0739. The van der Waals surface area contributed by atoms with Gasteiger partial charge in [0.25, 0.3) is 0 Å². The van der Waals surface area contributed by atoms with Crippen LogP contribution in [0.2, 0.25) is 0 Å². The highest BCUT2D eigenvalue weighted by atomic mass is 32.2. The van der Waals surface area contributed by atoms with Crippen molar-refractivity contribution in [3.8, 4) is 0 Å². The Morgan fingerprint density at radius 2 is 1.80 bits per heavy atom. The monoisotopic (exact) mass is 363 g/mol. The van der Waals surface area contributed by atoms with Crippen molar-refractivity contribution in [1.82, 2.24) is 25.5 Å². The molecule has 1 aromatic heterocycles. The van der Waals surface area contributed by atoms with Crippen molar-refractivity contribution in [2.45, 2.75) is 81.8 Å². The molecule has 1 unspecified atom stereocenters. The number of carbonyl (C=O) groups excluding carboxylic acids is 1. The molecule has 0 saturated heterocycles. The fourth-order valence-corrected chi connectivity index (χ4v) is 6.38. The second-order valence-electron chi connectivity index (χ2n) is 8.98. The van der Waals surface area contributed by atoms with Crippen LogP contribution in [0.25, 0.3) is 0 Å². The van der Waals surface area contributed by atoms with Gasteiger partial charge in [0.1, 0.15) is 0 Å². The summed E-state index contributed by atoms with van der Waals surface area (Å²) in [7, 11) is 0. The molecule has 0 spiro atoms. The topological polar surface area (TPSA) is 72.7 Å². The molecular formula is C18H29N5OS. The Balaban J connectivity index is 1.39. The Bertz CT molecular complexity index is 608. The van der Waals surface area contributed by atoms with E-state index in [2.05, 4.69) is 34.7 Å². The van der Waals surface area contributed by atoms with Gasteiger partial charge in [0.2, 0.25) is 11.1 Å². The molecule has 1 aromatic rings. The number of hydrogen-bond donors (Lipinski definition) is 1. The molecule has 0 aliphatic heterocycles. The average molecular weight is 364 g/mol. The smallest absolute Gasteiger partial charge is 0.233 e. The molecule has 4 bridgehead atoms. The zero-order valence-corrected chi connectivity index (χ0v) is 16.3. The number of carbonyl (C=O) groups is 1. The zero-order valence-electron chi connectivity index (χ0n) is 15.4. The van der Waals surface area contributed by atoms with Crippen molar-refractivity contribution in [2.75, 3.05) is 0 Å². The SMILES string of the molecule is CC(C)Cn1nnnc1SC(C)C(=O)NC12CC3CC(CC(C3)C1)C2. The Hall–Kier alpha value is -1.11. The highest BCUT2D eigenvalue weighted by molar-refractivity contribution is 8.00. The lowest BCUT2D eigenvalue weighted by atomic mass is 9.53. The van der Waals surface area contributed by atoms with E-state index in [1.807, 2.05) is 11.6 Å². The maximum atomic E-state index is 12.9. The number of hydrogen-bond acceptors (Lipinski definition) is 5. The predicted octanol–water partition coefficient (Wildman–Crippen LogP) is 2.89. The first-order valence-electron chi connectivity index (χ1n) is 9.67. The molecule has 1 amide bonds. The lowest BCUT2D eigenvalue weighted by molar-refractivity contribution is -0.126. The third kappa shape index (κ3) is 3.57. The summed E-state index contributed by atoms with van der Waals surface area (Å²) in [4.78, 5) is 12.9. The van der Waals surface area contributed by atoms with Crippen molar-refractivity contribution < 1.29 is 4.79 Å². The van der Waals surface area contributed by atoms with Gasteiger partial charge in [0.15, 0.2) is 0 Å². The highest BCUT2D eigenvalue weighted by Gasteiger charge is 2.51. The zero-order chi connectivity index (χ0) is 17.6. The number of amides is 1. The van der Waals surface area contributed by atoms with E-state index in [9.17, 15) is 4.79 Å². The number of tetrazole rings is 1. The van der Waals surface area contributed by atoms with E-state index in [-0.39, 0.29) is 16.7 Å². The summed E-state index contributed by atoms with van der Waals surface area (Å²) >= 11 is 1.47. The van der Waals surface area contributed by atoms with Crippen LogP contribution in [-0.2, 0) is 11.3 Å². The van der Waals surface area contributed by atoms with E-state index in [1.54, 1.807) is 0 Å². The van der Waals surface area contributed by atoms with E-state index in [4.69, 9.17) is 0 Å². The Morgan fingerprint density at radius 3 is 2.36 bits per heavy atom. The maximum absolute atomic E-state index is 12.9. The van der Waals surface area contributed by atoms with Gasteiger partial charge in [-0.1, -0.05) is 25.6 Å². The summed E-state index contributed by atoms with van der Waals surface area (Å²) in [6.07, 6.45) is 7.74. The van der Waals surface area contributed by atoms with Gasteiger partial charge in [-0.05, 0) is 79.5 Å². The number of nitrogens with zero attached hydrogens (tertiary/aromatic N) is 4. The summed E-state index contributed by atoms with van der Waals surface area (Å²) in [6, 6.07) is 0. The maximum Gasteiger partial charge on any atom is 0.233 e. The first-order valence-corrected chi connectivity index (χ1v) is 10.6. The molecular weight excluding hydrogens is 334 g/mol. The van der Waals surface area contributed by atoms with E-state index in [0.717, 1.165) is 29.5 Å². The van der Waals surface area contributed by atoms with Gasteiger partial charge >= 0.3 is 0 Å². The number of nitrogens with one attached hydrogen (secondary N) is 1. The molecule has 138 valence electrons. The summed E-state index contributed by atoms with van der Waals surface area (Å²) in [5, 5.41) is 16.0. The van der Waals surface area contributed by atoms with Crippen LogP contribution < -0.4 is 5.32 Å². The van der Waals surface area contributed by atoms with Crippen molar-refractivity contribution in [3.05, 3.63) is 0 Å². The molecule has 4 saturated carbocycles. The van der Waals surface area contributed by atoms with Gasteiger partial charge in [-0.3, -0.25) is 4.79 Å². The highest BCUT2D eigenvalue weighted by Crippen LogP contribution is 2.55. The first-order chi connectivity index (χ1) is 11.9. The Kier molecular flexibility index (Phi) is 4.54. The molecule has 7 heteroatoms. The molecule has 1 atom stereocenters. The first kappa shape index (κ1) is 17.3. The number of rotatable bonds is 6. The quantitative estimate of drug-likeness (QED) is 0.787. The minimum atomic E-state index is -0.176. The molecule has 5 rings (SSSR count). The third-order valence-electron chi connectivity index (χ3n) is 6.12. The lowest BCUT2D eigenvalue weighted by Crippen LogP contribution is -2.60. The van der Waals surface area contributed by atoms with Gasteiger partial charge in [0.05, 0.1) is 5.25 Å². The van der Waals surface area contributed by atoms with Crippen LogP contribution in [0.4, 0.5) is 0 Å². The minimum Gasteiger partial charge on any atom is -0.350 e. The number of thioether (sulfide) groups is 1. The molecule has 4 fully saturated rings. The molecule has 6 nitrogen and oxygen atoms in total. The molecule has 1 heterocycles. The standard InChI is InChI=1S/C18H29N5OS/c1-11(2)10-23-17(20-21-22-23)25-12(3)16(24)19-18-7-13-4-14(8-18)6-15(5-13)9-18/h11-15H,4-10H2,1-3H3,(H,19,24). The summed E-state index contributed by atoms with van der Waals surface area (Å²) < 4.78 is 1.81. The second-order valence-corrected chi connectivity index (χ2v) is 10.3.